The van der Waals surface area contributed by atoms with Gasteiger partial charge < -0.3 is 5.73 Å². The topological polar surface area (TPSA) is 61.7 Å². The third-order valence-electron chi connectivity index (χ3n) is 3.62. The lowest BCUT2D eigenvalue weighted by atomic mass is 10.1. The van der Waals surface area contributed by atoms with Gasteiger partial charge in [0.15, 0.2) is 5.65 Å². The molecule has 0 aliphatic rings. The van der Waals surface area contributed by atoms with Gasteiger partial charge in [-0.1, -0.05) is 27.2 Å². The van der Waals surface area contributed by atoms with Crippen LogP contribution in [0.3, 0.4) is 0 Å². The molecular weight excluding hydrogens is 226 g/mol. The van der Waals surface area contributed by atoms with Gasteiger partial charge in [0.05, 0.1) is 5.69 Å². The number of nitrogens with zero attached hydrogens (tertiary/aromatic N) is 4. The van der Waals surface area contributed by atoms with E-state index in [0.717, 1.165) is 29.7 Å². The Morgan fingerprint density at radius 2 is 1.94 bits per heavy atom. The highest BCUT2D eigenvalue weighted by Gasteiger charge is 2.22. The number of fused-ring (bicyclic) bond motifs is 1. The second kappa shape index (κ2) is 4.63. The quantitative estimate of drug-likeness (QED) is 0.905. The molecule has 2 rings (SSSR count). The van der Waals surface area contributed by atoms with Crippen molar-refractivity contribution in [2.45, 2.75) is 46.6 Å². The Bertz CT molecular complexity index is 549. The van der Waals surface area contributed by atoms with Crippen LogP contribution in [-0.2, 0) is 13.5 Å². The summed E-state index contributed by atoms with van der Waals surface area (Å²) < 4.78 is 4.01. The fraction of sp³-hybridized carbons (Fsp3) is 0.692. The van der Waals surface area contributed by atoms with Crippen LogP contribution in [0.15, 0.2) is 0 Å². The molecule has 1 atom stereocenters. The van der Waals surface area contributed by atoms with Crippen LogP contribution in [0.2, 0.25) is 0 Å². The maximum absolute atomic E-state index is 6.08. The van der Waals surface area contributed by atoms with E-state index in [1.807, 2.05) is 11.7 Å². The van der Waals surface area contributed by atoms with Crippen LogP contribution in [0.25, 0.3) is 11.2 Å². The lowest BCUT2D eigenvalue weighted by molar-refractivity contribution is 0.416. The molecule has 0 saturated heterocycles. The summed E-state index contributed by atoms with van der Waals surface area (Å²) in [6, 6.07) is 0.319. The number of imidazole rings is 1. The first-order chi connectivity index (χ1) is 8.47. The van der Waals surface area contributed by atoms with Crippen molar-refractivity contribution >= 4 is 17.1 Å². The molecule has 5 nitrogen and oxygen atoms in total. The van der Waals surface area contributed by atoms with Gasteiger partial charge in [-0.2, -0.15) is 5.10 Å². The van der Waals surface area contributed by atoms with Crippen molar-refractivity contribution in [3.8, 4) is 0 Å². The van der Waals surface area contributed by atoms with Gasteiger partial charge >= 0.3 is 0 Å². The Hall–Kier alpha value is -1.52. The number of nitrogens with two attached hydrogens (primary N) is 1. The first-order valence-corrected chi connectivity index (χ1v) is 6.66. The highest BCUT2D eigenvalue weighted by molar-refractivity contribution is 5.78. The maximum atomic E-state index is 6.08. The zero-order chi connectivity index (χ0) is 13.4. The second-order valence-corrected chi connectivity index (χ2v) is 5.32. The molecule has 0 radical (unpaired) electrons. The molecule has 0 bridgehead atoms. The Morgan fingerprint density at radius 3 is 2.50 bits per heavy atom. The molecule has 1 unspecified atom stereocenters. The van der Waals surface area contributed by atoms with Gasteiger partial charge in [0, 0.05) is 13.1 Å². The van der Waals surface area contributed by atoms with Gasteiger partial charge in [0.25, 0.3) is 0 Å². The normalized spacial score (nSPS) is 13.7. The molecule has 0 amide bonds. The monoisotopic (exact) mass is 249 g/mol. The van der Waals surface area contributed by atoms with Crippen molar-refractivity contribution in [2.24, 2.45) is 13.0 Å². The fourth-order valence-corrected chi connectivity index (χ4v) is 2.32. The Morgan fingerprint density at radius 1 is 1.28 bits per heavy atom. The van der Waals surface area contributed by atoms with Crippen LogP contribution >= 0.6 is 0 Å². The number of nitrogen functional groups attached to an aromatic ring is 1. The maximum Gasteiger partial charge on any atom is 0.202 e. The van der Waals surface area contributed by atoms with Gasteiger partial charge in [-0.05, 0) is 19.3 Å². The molecule has 0 fully saturated rings. The minimum atomic E-state index is 0.319. The SMILES string of the molecule is CCCc1nn(C)c2c1nc(N)n2C(C)C(C)C. The van der Waals surface area contributed by atoms with Gasteiger partial charge in [0.1, 0.15) is 5.52 Å². The largest absolute Gasteiger partial charge is 0.369 e. The first-order valence-electron chi connectivity index (χ1n) is 6.66. The van der Waals surface area contributed by atoms with Crippen molar-refractivity contribution in [3.63, 3.8) is 0 Å². The number of aryl methyl sites for hydroxylation is 2. The van der Waals surface area contributed by atoms with E-state index < -0.39 is 0 Å². The third kappa shape index (κ3) is 1.87. The number of anilines is 1. The average molecular weight is 249 g/mol. The van der Waals surface area contributed by atoms with Crippen LogP contribution in [0.5, 0.6) is 0 Å². The predicted octanol–water partition coefficient (Wildman–Crippen LogP) is 2.52. The Balaban J connectivity index is 2.64. The average Bonchev–Trinajstić information content (AvgIpc) is 2.77. The molecule has 2 heterocycles. The minimum Gasteiger partial charge on any atom is -0.369 e. The molecular formula is C13H23N5. The van der Waals surface area contributed by atoms with Gasteiger partial charge in [-0.25, -0.2) is 4.98 Å². The van der Waals surface area contributed by atoms with Crippen molar-refractivity contribution in [3.05, 3.63) is 5.69 Å². The second-order valence-electron chi connectivity index (χ2n) is 5.32. The van der Waals surface area contributed by atoms with Crippen LogP contribution < -0.4 is 5.73 Å². The highest BCUT2D eigenvalue weighted by atomic mass is 15.4. The molecule has 0 aromatic carbocycles. The van der Waals surface area contributed by atoms with E-state index in [0.29, 0.717) is 17.9 Å². The van der Waals surface area contributed by atoms with E-state index in [1.54, 1.807) is 0 Å². The third-order valence-corrected chi connectivity index (χ3v) is 3.62. The summed E-state index contributed by atoms with van der Waals surface area (Å²) in [7, 11) is 1.96. The summed E-state index contributed by atoms with van der Waals surface area (Å²) >= 11 is 0. The van der Waals surface area contributed by atoms with E-state index in [4.69, 9.17) is 5.73 Å². The van der Waals surface area contributed by atoms with E-state index in [1.165, 1.54) is 0 Å². The number of hydrogen-bond acceptors (Lipinski definition) is 3. The molecule has 0 saturated carbocycles. The molecule has 5 heteroatoms. The Kier molecular flexibility index (Phi) is 3.32. The molecule has 100 valence electrons. The first kappa shape index (κ1) is 12.9. The van der Waals surface area contributed by atoms with Gasteiger partial charge in [0.2, 0.25) is 5.95 Å². The molecule has 2 N–H and O–H groups in total. The van der Waals surface area contributed by atoms with Crippen molar-refractivity contribution in [1.82, 2.24) is 19.3 Å². The predicted molar refractivity (Wildman–Crippen MR) is 74.5 cm³/mol. The zero-order valence-electron chi connectivity index (χ0n) is 11.9. The number of rotatable bonds is 4. The summed E-state index contributed by atoms with van der Waals surface area (Å²) in [6.45, 7) is 8.71. The number of hydrogen-bond donors (Lipinski definition) is 1. The zero-order valence-corrected chi connectivity index (χ0v) is 11.9. The molecule has 2 aromatic heterocycles. The smallest absolute Gasteiger partial charge is 0.202 e. The van der Waals surface area contributed by atoms with Gasteiger partial charge in [-0.15, -0.1) is 0 Å². The molecule has 0 aliphatic carbocycles. The molecule has 0 aliphatic heterocycles. The minimum absolute atomic E-state index is 0.319. The van der Waals surface area contributed by atoms with Crippen LogP contribution in [-0.4, -0.2) is 19.3 Å². The lowest BCUT2D eigenvalue weighted by Crippen LogP contribution is -2.15. The van der Waals surface area contributed by atoms with Crippen LogP contribution in [0.4, 0.5) is 5.95 Å². The summed E-state index contributed by atoms with van der Waals surface area (Å²) in [5.74, 6) is 1.10. The van der Waals surface area contributed by atoms with Crippen LogP contribution in [0.1, 0.15) is 45.9 Å². The Labute approximate surface area is 108 Å². The summed E-state index contributed by atoms with van der Waals surface area (Å²) in [5, 5.41) is 4.56. The number of aromatic nitrogens is 4. The van der Waals surface area contributed by atoms with Crippen molar-refractivity contribution in [1.29, 1.82) is 0 Å². The fourth-order valence-electron chi connectivity index (χ4n) is 2.32. The molecule has 0 spiro atoms. The van der Waals surface area contributed by atoms with Crippen molar-refractivity contribution in [2.75, 3.05) is 5.73 Å². The van der Waals surface area contributed by atoms with E-state index in [-0.39, 0.29) is 0 Å². The summed E-state index contributed by atoms with van der Waals surface area (Å²) in [5.41, 5.74) is 9.13. The standard InChI is InChI=1S/C13H23N5/c1-6-7-10-11-12(17(5)16-10)18(13(14)15-11)9(4)8(2)3/h8-9H,6-7H2,1-5H3,(H2,14,15). The van der Waals surface area contributed by atoms with Crippen molar-refractivity contribution < 1.29 is 0 Å². The summed E-state index contributed by atoms with van der Waals surface area (Å²) in [4.78, 5) is 4.51. The molecule has 18 heavy (non-hydrogen) atoms. The van der Waals surface area contributed by atoms with E-state index in [9.17, 15) is 0 Å². The lowest BCUT2D eigenvalue weighted by Gasteiger charge is -2.19. The highest BCUT2D eigenvalue weighted by Crippen LogP contribution is 2.28. The van der Waals surface area contributed by atoms with E-state index in [2.05, 4.69) is 42.3 Å². The van der Waals surface area contributed by atoms with Crippen LogP contribution in [0, 0.1) is 5.92 Å². The summed E-state index contributed by atoms with van der Waals surface area (Å²) in [6.07, 6.45) is 2.02. The molecule has 2 aromatic rings. The van der Waals surface area contributed by atoms with E-state index >= 15 is 0 Å². The van der Waals surface area contributed by atoms with Gasteiger partial charge in [-0.3, -0.25) is 9.25 Å².